The number of ketones is 1. The molecule has 22 heavy (non-hydrogen) atoms. The van der Waals surface area contributed by atoms with Crippen LogP contribution in [0.3, 0.4) is 0 Å². The lowest BCUT2D eigenvalue weighted by Crippen LogP contribution is -2.15. The second-order valence-electron chi connectivity index (χ2n) is 5.43. The number of pyridine rings is 1. The third-order valence-electron chi connectivity index (χ3n) is 3.93. The summed E-state index contributed by atoms with van der Waals surface area (Å²) in [7, 11) is 1.60. The van der Waals surface area contributed by atoms with Gasteiger partial charge < -0.3 is 9.47 Å². The number of hydrogen-bond donors (Lipinski definition) is 0. The smallest absolute Gasteiger partial charge is 0.215 e. The number of carbonyl (C=O) groups is 1. The lowest BCUT2D eigenvalue weighted by Gasteiger charge is -2.15. The molecule has 0 bridgehead atoms. The van der Waals surface area contributed by atoms with Crippen molar-refractivity contribution < 1.29 is 14.3 Å². The van der Waals surface area contributed by atoms with Crippen molar-refractivity contribution in [3.8, 4) is 11.5 Å². The minimum atomic E-state index is -0.128. The van der Waals surface area contributed by atoms with Crippen molar-refractivity contribution >= 4 is 5.78 Å². The van der Waals surface area contributed by atoms with Crippen molar-refractivity contribution in [3.63, 3.8) is 0 Å². The molecule has 1 aliphatic rings. The molecule has 4 nitrogen and oxygen atoms in total. The molecule has 1 aromatic heterocycles. The van der Waals surface area contributed by atoms with Crippen LogP contribution in [-0.4, -0.2) is 24.0 Å². The Bertz CT molecular complexity index is 646. The third kappa shape index (κ3) is 3.11. The van der Waals surface area contributed by atoms with Gasteiger partial charge >= 0.3 is 0 Å². The maximum Gasteiger partial charge on any atom is 0.215 e. The average Bonchev–Trinajstić information content (AvgIpc) is 3.08. The van der Waals surface area contributed by atoms with E-state index in [4.69, 9.17) is 9.47 Å². The van der Waals surface area contributed by atoms with Gasteiger partial charge in [0.25, 0.3) is 0 Å². The van der Waals surface area contributed by atoms with E-state index < -0.39 is 0 Å². The van der Waals surface area contributed by atoms with Gasteiger partial charge in [0.05, 0.1) is 13.2 Å². The summed E-state index contributed by atoms with van der Waals surface area (Å²) in [6.45, 7) is 0. The summed E-state index contributed by atoms with van der Waals surface area (Å²) < 4.78 is 11.1. The molecule has 0 N–H and O–H groups in total. The summed E-state index contributed by atoms with van der Waals surface area (Å²) in [6.07, 6.45) is 6.29. The predicted octanol–water partition coefficient (Wildman–Crippen LogP) is 3.64. The monoisotopic (exact) mass is 297 g/mol. The van der Waals surface area contributed by atoms with Crippen molar-refractivity contribution in [3.05, 3.63) is 53.9 Å². The van der Waals surface area contributed by atoms with Crippen LogP contribution in [0.1, 0.15) is 41.7 Å². The van der Waals surface area contributed by atoms with Crippen molar-refractivity contribution in [2.45, 2.75) is 31.8 Å². The number of carbonyl (C=O) groups excluding carboxylic acids is 1. The molecular weight excluding hydrogens is 278 g/mol. The molecule has 1 aromatic carbocycles. The van der Waals surface area contributed by atoms with Gasteiger partial charge in [0, 0.05) is 11.8 Å². The summed E-state index contributed by atoms with van der Waals surface area (Å²) in [4.78, 5) is 16.9. The second kappa shape index (κ2) is 6.60. The number of nitrogens with zero attached hydrogens (tertiary/aromatic N) is 1. The van der Waals surface area contributed by atoms with Gasteiger partial charge in [-0.3, -0.25) is 4.79 Å². The number of hydrogen-bond acceptors (Lipinski definition) is 4. The van der Waals surface area contributed by atoms with E-state index in [1.807, 2.05) is 6.07 Å². The van der Waals surface area contributed by atoms with Crippen LogP contribution in [0.25, 0.3) is 0 Å². The quantitative estimate of drug-likeness (QED) is 0.791. The van der Waals surface area contributed by atoms with Gasteiger partial charge in [0.1, 0.15) is 11.5 Å². The molecule has 4 heteroatoms. The minimum absolute atomic E-state index is 0.128. The molecule has 1 aliphatic carbocycles. The van der Waals surface area contributed by atoms with Crippen molar-refractivity contribution in [1.29, 1.82) is 0 Å². The van der Waals surface area contributed by atoms with Gasteiger partial charge in [-0.05, 0) is 62.1 Å². The van der Waals surface area contributed by atoms with Crippen LogP contribution in [0, 0.1) is 0 Å². The zero-order valence-corrected chi connectivity index (χ0v) is 12.6. The molecule has 0 spiro atoms. The van der Waals surface area contributed by atoms with E-state index >= 15 is 0 Å². The summed E-state index contributed by atoms with van der Waals surface area (Å²) in [5, 5.41) is 0. The fourth-order valence-corrected chi connectivity index (χ4v) is 2.72. The number of rotatable bonds is 5. The zero-order chi connectivity index (χ0) is 15.4. The highest BCUT2D eigenvalue weighted by atomic mass is 16.5. The first-order valence-electron chi connectivity index (χ1n) is 7.58. The molecule has 0 aliphatic heterocycles. The molecule has 1 saturated carbocycles. The van der Waals surface area contributed by atoms with Gasteiger partial charge in [-0.1, -0.05) is 0 Å². The molecule has 0 amide bonds. The molecule has 0 atom stereocenters. The highest BCUT2D eigenvalue weighted by Gasteiger charge is 2.21. The van der Waals surface area contributed by atoms with Crippen molar-refractivity contribution in [2.75, 3.05) is 7.11 Å². The number of ether oxygens (including phenoxy) is 2. The zero-order valence-electron chi connectivity index (χ0n) is 12.6. The first-order chi connectivity index (χ1) is 10.8. The van der Waals surface area contributed by atoms with Crippen LogP contribution < -0.4 is 9.47 Å². The SMILES string of the molecule is COc1ccc(C(=O)c2ncccc2OC2CCCC2)cc1. The van der Waals surface area contributed by atoms with E-state index in [0.29, 0.717) is 17.0 Å². The fourth-order valence-electron chi connectivity index (χ4n) is 2.72. The Kier molecular flexibility index (Phi) is 4.37. The standard InChI is InChI=1S/C18H19NO3/c1-21-14-10-8-13(9-11-14)18(20)17-16(7-4-12-19-17)22-15-5-2-3-6-15/h4,7-12,15H,2-3,5-6H2,1H3. The third-order valence-corrected chi connectivity index (χ3v) is 3.93. The topological polar surface area (TPSA) is 48.4 Å². The van der Waals surface area contributed by atoms with E-state index in [0.717, 1.165) is 18.6 Å². The van der Waals surface area contributed by atoms with Crippen LogP contribution in [0.15, 0.2) is 42.6 Å². The van der Waals surface area contributed by atoms with Gasteiger partial charge in [-0.25, -0.2) is 4.98 Å². The Morgan fingerprint density at radius 3 is 2.55 bits per heavy atom. The summed E-state index contributed by atoms with van der Waals surface area (Å²) >= 11 is 0. The lowest BCUT2D eigenvalue weighted by molar-refractivity contribution is 0.102. The Morgan fingerprint density at radius 1 is 1.14 bits per heavy atom. The van der Waals surface area contributed by atoms with E-state index in [2.05, 4.69) is 4.98 Å². The Morgan fingerprint density at radius 2 is 1.86 bits per heavy atom. The molecule has 0 radical (unpaired) electrons. The maximum absolute atomic E-state index is 12.7. The van der Waals surface area contributed by atoms with Gasteiger partial charge in [-0.2, -0.15) is 0 Å². The average molecular weight is 297 g/mol. The molecule has 0 saturated heterocycles. The van der Waals surface area contributed by atoms with Crippen LogP contribution in [0.2, 0.25) is 0 Å². The molecule has 1 heterocycles. The first kappa shape index (κ1) is 14.6. The summed E-state index contributed by atoms with van der Waals surface area (Å²) in [5.74, 6) is 1.17. The van der Waals surface area contributed by atoms with Crippen LogP contribution in [0.5, 0.6) is 11.5 Å². The molecule has 0 unspecified atom stereocenters. The number of benzene rings is 1. The maximum atomic E-state index is 12.7. The molecule has 1 fully saturated rings. The van der Waals surface area contributed by atoms with E-state index in [9.17, 15) is 4.79 Å². The molecule has 114 valence electrons. The summed E-state index contributed by atoms with van der Waals surface area (Å²) in [5.41, 5.74) is 0.954. The second-order valence-corrected chi connectivity index (χ2v) is 5.43. The molecular formula is C18H19NO3. The van der Waals surface area contributed by atoms with E-state index in [-0.39, 0.29) is 11.9 Å². The summed E-state index contributed by atoms with van der Waals surface area (Å²) in [6, 6.07) is 10.7. The normalized spacial score (nSPS) is 14.8. The number of aromatic nitrogens is 1. The molecule has 2 aromatic rings. The predicted molar refractivity (Wildman–Crippen MR) is 83.5 cm³/mol. The van der Waals surface area contributed by atoms with Gasteiger partial charge in [0.15, 0.2) is 5.69 Å². The number of methoxy groups -OCH3 is 1. The fraction of sp³-hybridized carbons (Fsp3) is 0.333. The van der Waals surface area contributed by atoms with E-state index in [1.54, 1.807) is 43.6 Å². The Hall–Kier alpha value is -2.36. The minimum Gasteiger partial charge on any atom is -0.497 e. The van der Waals surface area contributed by atoms with Gasteiger partial charge in [-0.15, -0.1) is 0 Å². The Balaban J connectivity index is 1.84. The van der Waals surface area contributed by atoms with E-state index in [1.165, 1.54) is 12.8 Å². The van der Waals surface area contributed by atoms with Gasteiger partial charge in [0.2, 0.25) is 5.78 Å². The molecule has 3 rings (SSSR count). The largest absolute Gasteiger partial charge is 0.497 e. The lowest BCUT2D eigenvalue weighted by atomic mass is 10.1. The van der Waals surface area contributed by atoms with Crippen molar-refractivity contribution in [1.82, 2.24) is 4.98 Å². The van der Waals surface area contributed by atoms with Crippen molar-refractivity contribution in [2.24, 2.45) is 0 Å². The van der Waals surface area contributed by atoms with Crippen LogP contribution >= 0.6 is 0 Å². The Labute approximate surface area is 130 Å². The van der Waals surface area contributed by atoms with Crippen LogP contribution in [0.4, 0.5) is 0 Å². The highest BCUT2D eigenvalue weighted by molar-refractivity contribution is 6.09. The van der Waals surface area contributed by atoms with Crippen LogP contribution in [-0.2, 0) is 0 Å². The highest BCUT2D eigenvalue weighted by Crippen LogP contribution is 2.27. The first-order valence-corrected chi connectivity index (χ1v) is 7.58.